The fraction of sp³-hybridized carbons (Fsp3) is 0.878. The molecule has 0 aromatic carbocycles. The molecule has 0 amide bonds. The molecule has 470 valence electrons. The molecule has 0 radical (unpaired) electrons. The van der Waals surface area contributed by atoms with Crippen molar-refractivity contribution in [2.45, 2.75) is 406 Å². The zero-order valence-electron chi connectivity index (χ0n) is 54.1. The molecule has 0 aliphatic carbocycles. The van der Waals surface area contributed by atoms with Crippen molar-refractivity contribution in [3.63, 3.8) is 0 Å². The molecular weight excluding hydrogens is 985 g/mol. The number of esters is 3. The van der Waals surface area contributed by atoms with Crippen LogP contribution in [0.15, 0.2) is 36.5 Å². The second-order valence-electron chi connectivity index (χ2n) is 24.5. The van der Waals surface area contributed by atoms with E-state index < -0.39 is 6.10 Å². The summed E-state index contributed by atoms with van der Waals surface area (Å²) in [5, 5.41) is 0. The first-order chi connectivity index (χ1) is 39.5. The predicted molar refractivity (Wildman–Crippen MR) is 349 cm³/mol. The summed E-state index contributed by atoms with van der Waals surface area (Å²) in [5.41, 5.74) is 0. The summed E-state index contributed by atoms with van der Waals surface area (Å²) in [6, 6.07) is 0. The largest absolute Gasteiger partial charge is 0.462 e. The van der Waals surface area contributed by atoms with Gasteiger partial charge in [-0.3, -0.25) is 14.4 Å². The average molecular weight is 1120 g/mol. The highest BCUT2D eigenvalue weighted by Crippen LogP contribution is 2.18. The van der Waals surface area contributed by atoms with Gasteiger partial charge in [-0.15, -0.1) is 0 Å². The Morgan fingerprint density at radius 3 is 0.625 bits per heavy atom. The van der Waals surface area contributed by atoms with Gasteiger partial charge in [-0.2, -0.15) is 0 Å². The van der Waals surface area contributed by atoms with E-state index in [1.165, 1.54) is 295 Å². The smallest absolute Gasteiger partial charge is 0.306 e. The molecule has 0 heterocycles. The lowest BCUT2D eigenvalue weighted by Crippen LogP contribution is -2.30. The first kappa shape index (κ1) is 77.6. The number of carbonyl (C=O) groups is 3. The number of rotatable bonds is 67. The monoisotopic (exact) mass is 1120 g/mol. The van der Waals surface area contributed by atoms with E-state index in [0.29, 0.717) is 19.3 Å². The van der Waals surface area contributed by atoms with Gasteiger partial charge in [0.25, 0.3) is 0 Å². The zero-order chi connectivity index (χ0) is 57.8. The van der Waals surface area contributed by atoms with Crippen molar-refractivity contribution in [1.82, 2.24) is 0 Å². The van der Waals surface area contributed by atoms with Gasteiger partial charge in [-0.25, -0.2) is 0 Å². The Kier molecular flexibility index (Phi) is 67.1. The van der Waals surface area contributed by atoms with E-state index >= 15 is 0 Å². The summed E-state index contributed by atoms with van der Waals surface area (Å²) in [4.78, 5) is 38.4. The van der Waals surface area contributed by atoms with Gasteiger partial charge in [0.2, 0.25) is 0 Å². The number of hydrogen-bond acceptors (Lipinski definition) is 6. The van der Waals surface area contributed by atoms with Crippen LogP contribution in [0.3, 0.4) is 0 Å². The molecule has 0 aliphatic heterocycles. The van der Waals surface area contributed by atoms with Crippen molar-refractivity contribution in [3.8, 4) is 0 Å². The van der Waals surface area contributed by atoms with Crippen molar-refractivity contribution in [2.24, 2.45) is 0 Å². The van der Waals surface area contributed by atoms with Crippen LogP contribution in [0.5, 0.6) is 0 Å². The van der Waals surface area contributed by atoms with Crippen LogP contribution in [0.25, 0.3) is 0 Å². The van der Waals surface area contributed by atoms with Crippen LogP contribution in [-0.2, 0) is 28.6 Å². The van der Waals surface area contributed by atoms with Gasteiger partial charge in [0, 0.05) is 19.3 Å². The fourth-order valence-electron chi connectivity index (χ4n) is 10.9. The van der Waals surface area contributed by atoms with Crippen molar-refractivity contribution in [3.05, 3.63) is 36.5 Å². The quantitative estimate of drug-likeness (QED) is 0.0261. The molecule has 0 saturated heterocycles. The molecule has 80 heavy (non-hydrogen) atoms. The highest BCUT2D eigenvalue weighted by molar-refractivity contribution is 5.71. The lowest BCUT2D eigenvalue weighted by molar-refractivity contribution is -0.167. The number of allylic oxidation sites excluding steroid dienone is 6. The van der Waals surface area contributed by atoms with Crippen molar-refractivity contribution in [1.29, 1.82) is 0 Å². The van der Waals surface area contributed by atoms with E-state index in [-0.39, 0.29) is 31.1 Å². The van der Waals surface area contributed by atoms with Crippen LogP contribution in [0.1, 0.15) is 400 Å². The van der Waals surface area contributed by atoms with Gasteiger partial charge in [0.05, 0.1) is 0 Å². The van der Waals surface area contributed by atoms with Gasteiger partial charge >= 0.3 is 17.9 Å². The maximum atomic E-state index is 12.9. The minimum atomic E-state index is -0.777. The standard InChI is InChI=1S/C74H138O6/c1-4-7-10-13-16-19-22-25-28-30-32-33-34-35-36-37-38-39-40-41-42-44-46-49-52-55-58-61-64-67-73(76)79-70-71(69-78-72(75)66-63-60-57-54-51-48-45-27-24-21-18-15-12-9-6-3)80-74(77)68-65-62-59-56-53-50-47-43-31-29-26-23-20-17-14-11-8-5-2/h27,29-32,45,71H,4-26,28,33-44,46-70H2,1-3H3/b31-29-,32-30-,45-27-. The average Bonchev–Trinajstić information content (AvgIpc) is 3.46. The second-order valence-corrected chi connectivity index (χ2v) is 24.5. The van der Waals surface area contributed by atoms with Gasteiger partial charge in [-0.1, -0.05) is 320 Å². The molecule has 0 fully saturated rings. The lowest BCUT2D eigenvalue weighted by atomic mass is 10.0. The molecule has 0 spiro atoms. The van der Waals surface area contributed by atoms with Crippen molar-refractivity contribution in [2.75, 3.05) is 13.2 Å². The lowest BCUT2D eigenvalue weighted by Gasteiger charge is -2.18. The highest BCUT2D eigenvalue weighted by atomic mass is 16.6. The van der Waals surface area contributed by atoms with Gasteiger partial charge in [0.1, 0.15) is 13.2 Å². The Hall–Kier alpha value is -2.37. The molecule has 1 unspecified atom stereocenters. The van der Waals surface area contributed by atoms with Gasteiger partial charge < -0.3 is 14.2 Å². The van der Waals surface area contributed by atoms with E-state index in [2.05, 4.69) is 57.2 Å². The van der Waals surface area contributed by atoms with Crippen LogP contribution in [0.2, 0.25) is 0 Å². The van der Waals surface area contributed by atoms with Crippen molar-refractivity contribution < 1.29 is 28.6 Å². The summed E-state index contributed by atoms with van der Waals surface area (Å²) in [6.45, 7) is 6.69. The molecular formula is C74H138O6. The summed E-state index contributed by atoms with van der Waals surface area (Å²) >= 11 is 0. The van der Waals surface area contributed by atoms with Crippen LogP contribution in [-0.4, -0.2) is 37.2 Å². The molecule has 0 saturated carbocycles. The topological polar surface area (TPSA) is 78.9 Å². The fourth-order valence-corrected chi connectivity index (χ4v) is 10.9. The Bertz CT molecular complexity index is 1340. The third-order valence-corrected chi connectivity index (χ3v) is 16.3. The number of ether oxygens (including phenoxy) is 3. The minimum Gasteiger partial charge on any atom is -0.462 e. The molecule has 1 atom stereocenters. The molecule has 0 aromatic rings. The van der Waals surface area contributed by atoms with Crippen molar-refractivity contribution >= 4 is 17.9 Å². The Morgan fingerprint density at radius 1 is 0.237 bits per heavy atom. The summed E-state index contributed by atoms with van der Waals surface area (Å²) in [5.74, 6) is -0.857. The molecule has 0 N–H and O–H groups in total. The summed E-state index contributed by atoms with van der Waals surface area (Å²) in [7, 11) is 0. The third kappa shape index (κ3) is 66.4. The maximum Gasteiger partial charge on any atom is 0.306 e. The second kappa shape index (κ2) is 69.1. The molecule has 0 aliphatic rings. The van der Waals surface area contributed by atoms with E-state index in [4.69, 9.17) is 14.2 Å². The first-order valence-electron chi connectivity index (χ1n) is 36.0. The van der Waals surface area contributed by atoms with E-state index in [1.807, 2.05) is 0 Å². The van der Waals surface area contributed by atoms with E-state index in [1.54, 1.807) is 0 Å². The predicted octanol–water partition coefficient (Wildman–Crippen LogP) is 24.7. The Labute approximate surface area is 499 Å². The van der Waals surface area contributed by atoms with Gasteiger partial charge in [0.15, 0.2) is 6.10 Å². The maximum absolute atomic E-state index is 12.9. The van der Waals surface area contributed by atoms with Crippen LogP contribution >= 0.6 is 0 Å². The Balaban J connectivity index is 4.21. The molecule has 0 aromatic heterocycles. The van der Waals surface area contributed by atoms with Crippen LogP contribution in [0, 0.1) is 0 Å². The number of unbranched alkanes of at least 4 members (excludes halogenated alkanes) is 50. The number of carbonyl (C=O) groups excluding carboxylic acids is 3. The molecule has 6 nitrogen and oxygen atoms in total. The van der Waals surface area contributed by atoms with Gasteiger partial charge in [-0.05, 0) is 96.3 Å². The first-order valence-corrected chi connectivity index (χ1v) is 36.0. The van der Waals surface area contributed by atoms with Crippen LogP contribution < -0.4 is 0 Å². The molecule has 0 rings (SSSR count). The zero-order valence-corrected chi connectivity index (χ0v) is 54.1. The summed E-state index contributed by atoms with van der Waals surface area (Å²) in [6.07, 6.45) is 86.1. The Morgan fingerprint density at radius 2 is 0.412 bits per heavy atom. The molecule has 6 heteroatoms. The van der Waals surface area contributed by atoms with E-state index in [9.17, 15) is 14.4 Å². The minimum absolute atomic E-state index is 0.0721. The third-order valence-electron chi connectivity index (χ3n) is 16.3. The molecule has 0 bridgehead atoms. The number of hydrogen-bond donors (Lipinski definition) is 0. The normalized spacial score (nSPS) is 12.2. The van der Waals surface area contributed by atoms with E-state index in [0.717, 1.165) is 64.2 Å². The SMILES string of the molecule is CCCCCCCC/C=C\CCCCCCCC(=O)OCC(COC(=O)CCCCCCCCCCCCCCCCCCC/C=C\CCCCCCCCCC)OC(=O)CCCCCCCCC/C=C\CCCCCCCCC. The summed E-state index contributed by atoms with van der Waals surface area (Å²) < 4.78 is 17.0. The highest BCUT2D eigenvalue weighted by Gasteiger charge is 2.19. The van der Waals surface area contributed by atoms with Crippen LogP contribution in [0.4, 0.5) is 0 Å².